The van der Waals surface area contributed by atoms with Crippen LogP contribution in [-0.2, 0) is 9.47 Å². The number of anilines is 1. The highest BCUT2D eigenvalue weighted by atomic mass is 19.1. The Morgan fingerprint density at radius 3 is 2.96 bits per heavy atom. The molecular weight excluding hydrogens is 311 g/mol. The molecule has 3 aliphatic heterocycles. The number of ether oxygens (including phenoxy) is 2. The van der Waals surface area contributed by atoms with Crippen LogP contribution in [0.3, 0.4) is 0 Å². The summed E-state index contributed by atoms with van der Waals surface area (Å²) in [7, 11) is 2.09. The summed E-state index contributed by atoms with van der Waals surface area (Å²) in [6.45, 7) is 3.58. The molecule has 3 aliphatic rings. The van der Waals surface area contributed by atoms with Gasteiger partial charge in [0.1, 0.15) is 23.9 Å². The summed E-state index contributed by atoms with van der Waals surface area (Å²) >= 11 is 0. The molecular formula is C17H25FN4O2. The van der Waals surface area contributed by atoms with E-state index in [4.69, 9.17) is 9.47 Å². The smallest absolute Gasteiger partial charge is 0.132 e. The van der Waals surface area contributed by atoms with Gasteiger partial charge in [-0.2, -0.15) is 0 Å². The summed E-state index contributed by atoms with van der Waals surface area (Å²) in [5.74, 6) is 0.811. The molecule has 0 aromatic carbocycles. The number of likely N-dealkylation sites (N-methyl/N-ethyl adjacent to an activating group) is 1. The number of rotatable bonds is 5. The van der Waals surface area contributed by atoms with E-state index in [-0.39, 0.29) is 17.7 Å². The largest absolute Gasteiger partial charge is 0.375 e. The van der Waals surface area contributed by atoms with E-state index >= 15 is 0 Å². The average molecular weight is 336 g/mol. The molecule has 3 fully saturated rings. The topological polar surface area (TPSA) is 50.7 Å². The van der Waals surface area contributed by atoms with Gasteiger partial charge in [-0.15, -0.1) is 0 Å². The molecule has 0 saturated carbocycles. The van der Waals surface area contributed by atoms with Crippen molar-refractivity contribution in [1.29, 1.82) is 0 Å². The normalized spacial score (nSPS) is 31.8. The van der Waals surface area contributed by atoms with E-state index in [0.717, 1.165) is 45.0 Å². The minimum absolute atomic E-state index is 0.00407. The maximum absolute atomic E-state index is 14.0. The summed E-state index contributed by atoms with van der Waals surface area (Å²) in [6, 6.07) is 1.99. The van der Waals surface area contributed by atoms with Crippen LogP contribution in [0, 0.1) is 0 Å². The Labute approximate surface area is 142 Å². The Balaban J connectivity index is 1.33. The molecule has 1 unspecified atom stereocenters. The fraction of sp³-hybridized carbons (Fsp3) is 0.765. The van der Waals surface area contributed by atoms with Gasteiger partial charge in [-0.3, -0.25) is 0 Å². The molecule has 7 heteroatoms. The third-order valence-corrected chi connectivity index (χ3v) is 5.33. The maximum atomic E-state index is 14.0. The van der Waals surface area contributed by atoms with E-state index in [1.54, 1.807) is 6.20 Å². The Kier molecular flexibility index (Phi) is 4.40. The lowest BCUT2D eigenvalue weighted by atomic mass is 9.98. The van der Waals surface area contributed by atoms with E-state index < -0.39 is 6.17 Å². The molecule has 132 valence electrons. The van der Waals surface area contributed by atoms with Crippen LogP contribution in [0.25, 0.3) is 0 Å². The van der Waals surface area contributed by atoms with E-state index in [9.17, 15) is 4.39 Å². The molecule has 0 radical (unpaired) electrons. The molecule has 0 bridgehead atoms. The zero-order chi connectivity index (χ0) is 16.6. The summed E-state index contributed by atoms with van der Waals surface area (Å²) in [5, 5.41) is 0. The number of alkyl halides is 1. The van der Waals surface area contributed by atoms with Crippen molar-refractivity contribution >= 4 is 5.82 Å². The maximum Gasteiger partial charge on any atom is 0.132 e. The van der Waals surface area contributed by atoms with Crippen molar-refractivity contribution in [2.24, 2.45) is 0 Å². The van der Waals surface area contributed by atoms with Gasteiger partial charge in [0.05, 0.1) is 25.9 Å². The standard InChI is InChI=1S/C17H25FN4O2/c1-21(9-15-2-4-17(24-15)10-23-11-17)8-14-6-13(18)7-22(14)16-3-5-19-12-20-16/h3,5,12-15H,2,4,6-11H2,1H3/t13-,14-,15?/m0/s1. The number of hydrogen-bond acceptors (Lipinski definition) is 6. The molecule has 4 heterocycles. The molecule has 0 amide bonds. The van der Waals surface area contributed by atoms with Gasteiger partial charge in [0, 0.05) is 31.7 Å². The van der Waals surface area contributed by atoms with Crippen molar-refractivity contribution in [3.8, 4) is 0 Å². The van der Waals surface area contributed by atoms with Gasteiger partial charge in [-0.05, 0) is 26.0 Å². The van der Waals surface area contributed by atoms with E-state index in [2.05, 4.69) is 26.8 Å². The van der Waals surface area contributed by atoms with Crippen LogP contribution in [0.1, 0.15) is 19.3 Å². The summed E-state index contributed by atoms with van der Waals surface area (Å²) < 4.78 is 25.5. The SMILES string of the molecule is CN(CC1CCC2(COC2)O1)C[C@@H]1C[C@H](F)CN1c1ccncn1. The lowest BCUT2D eigenvalue weighted by Gasteiger charge is -2.38. The molecule has 1 aromatic rings. The van der Waals surface area contributed by atoms with Crippen molar-refractivity contribution in [2.75, 3.05) is 44.8 Å². The van der Waals surface area contributed by atoms with Gasteiger partial charge in [-0.25, -0.2) is 14.4 Å². The van der Waals surface area contributed by atoms with E-state index in [0.29, 0.717) is 13.0 Å². The lowest BCUT2D eigenvalue weighted by Crippen LogP contribution is -2.50. The zero-order valence-electron chi connectivity index (χ0n) is 14.1. The molecule has 1 aromatic heterocycles. The highest BCUT2D eigenvalue weighted by molar-refractivity contribution is 5.40. The lowest BCUT2D eigenvalue weighted by molar-refractivity contribution is -0.201. The van der Waals surface area contributed by atoms with Gasteiger partial charge >= 0.3 is 0 Å². The second-order valence-corrected chi connectivity index (χ2v) is 7.38. The fourth-order valence-corrected chi connectivity index (χ4v) is 4.11. The average Bonchev–Trinajstić information content (AvgIpc) is 3.12. The first-order valence-corrected chi connectivity index (χ1v) is 8.74. The third kappa shape index (κ3) is 3.25. The molecule has 3 atom stereocenters. The summed E-state index contributed by atoms with van der Waals surface area (Å²) in [5.41, 5.74) is -0.00407. The van der Waals surface area contributed by atoms with Crippen LogP contribution < -0.4 is 4.90 Å². The van der Waals surface area contributed by atoms with E-state index in [1.807, 2.05) is 6.07 Å². The van der Waals surface area contributed by atoms with Crippen LogP contribution in [0.15, 0.2) is 18.6 Å². The monoisotopic (exact) mass is 336 g/mol. The molecule has 4 rings (SSSR count). The number of nitrogens with zero attached hydrogens (tertiary/aromatic N) is 4. The van der Waals surface area contributed by atoms with Crippen LogP contribution in [0.5, 0.6) is 0 Å². The number of halogens is 1. The molecule has 3 saturated heterocycles. The Hall–Kier alpha value is -1.31. The fourth-order valence-electron chi connectivity index (χ4n) is 4.11. The quantitative estimate of drug-likeness (QED) is 0.807. The molecule has 0 aliphatic carbocycles. The van der Waals surface area contributed by atoms with Crippen LogP contribution >= 0.6 is 0 Å². The minimum Gasteiger partial charge on any atom is -0.375 e. The van der Waals surface area contributed by atoms with Gasteiger partial charge in [0.2, 0.25) is 0 Å². The highest BCUT2D eigenvalue weighted by Crippen LogP contribution is 2.36. The summed E-state index contributed by atoms with van der Waals surface area (Å²) in [4.78, 5) is 12.6. The van der Waals surface area contributed by atoms with E-state index in [1.165, 1.54) is 6.33 Å². The number of aromatic nitrogens is 2. The molecule has 0 N–H and O–H groups in total. The number of hydrogen-bond donors (Lipinski definition) is 0. The van der Waals surface area contributed by atoms with Crippen molar-refractivity contribution < 1.29 is 13.9 Å². The van der Waals surface area contributed by atoms with Gasteiger partial charge in [0.25, 0.3) is 0 Å². The van der Waals surface area contributed by atoms with Crippen LogP contribution in [0.2, 0.25) is 0 Å². The highest BCUT2D eigenvalue weighted by Gasteiger charge is 2.46. The minimum atomic E-state index is -0.795. The zero-order valence-corrected chi connectivity index (χ0v) is 14.1. The Morgan fingerprint density at radius 1 is 1.42 bits per heavy atom. The van der Waals surface area contributed by atoms with Gasteiger partial charge in [0.15, 0.2) is 0 Å². The second kappa shape index (κ2) is 6.54. The van der Waals surface area contributed by atoms with Crippen LogP contribution in [-0.4, -0.2) is 78.7 Å². The van der Waals surface area contributed by atoms with Crippen molar-refractivity contribution in [1.82, 2.24) is 14.9 Å². The van der Waals surface area contributed by atoms with Crippen molar-refractivity contribution in [3.05, 3.63) is 18.6 Å². The van der Waals surface area contributed by atoms with Gasteiger partial charge < -0.3 is 19.3 Å². The van der Waals surface area contributed by atoms with Gasteiger partial charge in [-0.1, -0.05) is 0 Å². The molecule has 6 nitrogen and oxygen atoms in total. The molecule has 24 heavy (non-hydrogen) atoms. The summed E-state index contributed by atoms with van der Waals surface area (Å²) in [6.07, 6.45) is 5.42. The predicted molar refractivity (Wildman–Crippen MR) is 87.8 cm³/mol. The third-order valence-electron chi connectivity index (χ3n) is 5.33. The molecule has 1 spiro atoms. The Bertz CT molecular complexity index is 557. The first-order chi connectivity index (χ1) is 11.6. The second-order valence-electron chi connectivity index (χ2n) is 7.38. The predicted octanol–water partition coefficient (Wildman–Crippen LogP) is 1.27. The van der Waals surface area contributed by atoms with Crippen molar-refractivity contribution in [2.45, 2.75) is 43.2 Å². The first kappa shape index (κ1) is 16.2. The van der Waals surface area contributed by atoms with Crippen LogP contribution in [0.4, 0.5) is 10.2 Å². The van der Waals surface area contributed by atoms with Crippen molar-refractivity contribution in [3.63, 3.8) is 0 Å². The Morgan fingerprint density at radius 2 is 2.29 bits per heavy atom. The first-order valence-electron chi connectivity index (χ1n) is 8.74.